The van der Waals surface area contributed by atoms with E-state index in [-0.39, 0.29) is 0 Å². The van der Waals surface area contributed by atoms with E-state index in [0.29, 0.717) is 5.15 Å². The Morgan fingerprint density at radius 3 is 2.50 bits per heavy atom. The van der Waals surface area contributed by atoms with Crippen molar-refractivity contribution in [2.24, 2.45) is 5.10 Å². The number of halogens is 1. The molecule has 0 bridgehead atoms. The predicted molar refractivity (Wildman–Crippen MR) is 117 cm³/mol. The van der Waals surface area contributed by atoms with Gasteiger partial charge in [-0.25, -0.2) is 9.97 Å². The molecule has 4 nitrogen and oxygen atoms in total. The van der Waals surface area contributed by atoms with E-state index >= 15 is 0 Å². The van der Waals surface area contributed by atoms with Gasteiger partial charge in [0, 0.05) is 17.1 Å². The van der Waals surface area contributed by atoms with Crippen LogP contribution in [0.3, 0.4) is 0 Å². The fourth-order valence-electron chi connectivity index (χ4n) is 2.70. The molecule has 0 saturated carbocycles. The van der Waals surface area contributed by atoms with E-state index in [9.17, 15) is 0 Å². The quantitative estimate of drug-likeness (QED) is 0.247. The molecule has 0 fully saturated rings. The number of rotatable bonds is 6. The molecule has 138 valence electrons. The second-order valence-corrected chi connectivity index (χ2v) is 7.43. The smallest absolute Gasteiger partial charge is 0.203 e. The van der Waals surface area contributed by atoms with E-state index in [4.69, 9.17) is 11.6 Å². The van der Waals surface area contributed by atoms with Gasteiger partial charge in [-0.15, -0.1) is 11.3 Å². The molecule has 28 heavy (non-hydrogen) atoms. The SMILES string of the molecule is Clc1ccc(Cc2ccc(C=NNc3nc(-c4ccccc4)cs3)cc2)cn1. The van der Waals surface area contributed by atoms with Gasteiger partial charge in [-0.3, -0.25) is 5.43 Å². The third kappa shape index (κ3) is 4.82. The lowest BCUT2D eigenvalue weighted by Gasteiger charge is -2.02. The lowest BCUT2D eigenvalue weighted by Crippen LogP contribution is -1.92. The Kier molecular flexibility index (Phi) is 5.75. The molecule has 4 rings (SSSR count). The Hall–Kier alpha value is -3.02. The zero-order valence-electron chi connectivity index (χ0n) is 14.9. The zero-order chi connectivity index (χ0) is 19.2. The van der Waals surface area contributed by atoms with Gasteiger partial charge in [0.25, 0.3) is 0 Å². The minimum Gasteiger partial charge on any atom is -0.253 e. The summed E-state index contributed by atoms with van der Waals surface area (Å²) in [6.45, 7) is 0. The first kappa shape index (κ1) is 18.3. The average molecular weight is 405 g/mol. The van der Waals surface area contributed by atoms with Crippen molar-refractivity contribution in [2.75, 3.05) is 5.43 Å². The molecular weight excluding hydrogens is 388 g/mol. The van der Waals surface area contributed by atoms with E-state index in [2.05, 4.69) is 32.6 Å². The van der Waals surface area contributed by atoms with Crippen molar-refractivity contribution in [1.29, 1.82) is 0 Å². The van der Waals surface area contributed by atoms with Gasteiger partial charge in [-0.2, -0.15) is 5.10 Å². The number of aromatic nitrogens is 2. The number of hydrazone groups is 1. The molecule has 0 aliphatic heterocycles. The average Bonchev–Trinajstić information content (AvgIpc) is 3.21. The summed E-state index contributed by atoms with van der Waals surface area (Å²) in [6.07, 6.45) is 4.41. The van der Waals surface area contributed by atoms with Crippen LogP contribution >= 0.6 is 22.9 Å². The number of nitrogens with zero attached hydrogens (tertiary/aromatic N) is 3. The van der Waals surface area contributed by atoms with E-state index in [1.165, 1.54) is 16.9 Å². The van der Waals surface area contributed by atoms with Crippen LogP contribution in [0.1, 0.15) is 16.7 Å². The van der Waals surface area contributed by atoms with E-state index in [1.54, 1.807) is 12.4 Å². The van der Waals surface area contributed by atoms with Gasteiger partial charge < -0.3 is 0 Å². The maximum absolute atomic E-state index is 5.83. The van der Waals surface area contributed by atoms with Crippen LogP contribution in [0.2, 0.25) is 5.15 Å². The minimum absolute atomic E-state index is 0.513. The summed E-state index contributed by atoms with van der Waals surface area (Å²) in [6, 6.07) is 22.2. The second kappa shape index (κ2) is 8.78. The van der Waals surface area contributed by atoms with Gasteiger partial charge in [0.15, 0.2) is 0 Å². The predicted octanol–water partition coefficient (Wildman–Crippen LogP) is 5.90. The second-order valence-electron chi connectivity index (χ2n) is 6.18. The summed E-state index contributed by atoms with van der Waals surface area (Å²) in [7, 11) is 0. The zero-order valence-corrected chi connectivity index (χ0v) is 16.5. The molecule has 0 spiro atoms. The lowest BCUT2D eigenvalue weighted by atomic mass is 10.1. The van der Waals surface area contributed by atoms with Gasteiger partial charge in [0.2, 0.25) is 5.13 Å². The first-order valence-electron chi connectivity index (χ1n) is 8.76. The van der Waals surface area contributed by atoms with Crippen molar-refractivity contribution in [3.05, 3.63) is 100 Å². The van der Waals surface area contributed by atoms with Crippen LogP contribution in [0.5, 0.6) is 0 Å². The molecule has 4 aromatic rings. The topological polar surface area (TPSA) is 50.2 Å². The van der Waals surface area contributed by atoms with E-state index in [0.717, 1.165) is 33.9 Å². The summed E-state index contributed by atoms with van der Waals surface area (Å²) in [5.41, 5.74) is 8.41. The number of anilines is 1. The fraction of sp³-hybridized carbons (Fsp3) is 0.0455. The van der Waals surface area contributed by atoms with Crippen LogP contribution in [0.25, 0.3) is 11.3 Å². The van der Waals surface area contributed by atoms with Crippen molar-refractivity contribution in [1.82, 2.24) is 9.97 Å². The maximum atomic E-state index is 5.83. The first-order valence-corrected chi connectivity index (χ1v) is 10.0. The number of thiazole rings is 1. The molecule has 1 N–H and O–H groups in total. The Morgan fingerprint density at radius 1 is 0.964 bits per heavy atom. The van der Waals surface area contributed by atoms with E-state index in [1.807, 2.05) is 60.0 Å². The molecule has 0 unspecified atom stereocenters. The van der Waals surface area contributed by atoms with E-state index < -0.39 is 0 Å². The molecule has 0 saturated heterocycles. The summed E-state index contributed by atoms with van der Waals surface area (Å²) in [5, 5.41) is 7.59. The van der Waals surface area contributed by atoms with Crippen LogP contribution in [0.15, 0.2) is 83.4 Å². The Morgan fingerprint density at radius 2 is 1.75 bits per heavy atom. The molecule has 0 aliphatic carbocycles. The van der Waals surface area contributed by atoms with Crippen molar-refractivity contribution >= 4 is 34.3 Å². The molecular formula is C22H17ClN4S. The summed E-state index contributed by atoms with van der Waals surface area (Å²) >= 11 is 7.36. The largest absolute Gasteiger partial charge is 0.253 e. The molecule has 6 heteroatoms. The van der Waals surface area contributed by atoms with Gasteiger partial charge in [0.05, 0.1) is 11.9 Å². The Bertz CT molecular complexity index is 1060. The summed E-state index contributed by atoms with van der Waals surface area (Å²) in [5.74, 6) is 0. The van der Waals surface area contributed by atoms with Crippen molar-refractivity contribution in [3.8, 4) is 11.3 Å². The number of pyridine rings is 1. The third-order valence-corrected chi connectivity index (χ3v) is 5.09. The fourth-order valence-corrected chi connectivity index (χ4v) is 3.48. The summed E-state index contributed by atoms with van der Waals surface area (Å²) in [4.78, 5) is 8.67. The van der Waals surface area contributed by atoms with Gasteiger partial charge in [-0.05, 0) is 29.2 Å². The van der Waals surface area contributed by atoms with Crippen LogP contribution in [0.4, 0.5) is 5.13 Å². The normalized spacial score (nSPS) is 11.0. The number of hydrogen-bond acceptors (Lipinski definition) is 5. The van der Waals surface area contributed by atoms with Gasteiger partial charge in [-0.1, -0.05) is 72.3 Å². The molecule has 2 heterocycles. The minimum atomic E-state index is 0.513. The van der Waals surface area contributed by atoms with Crippen LogP contribution in [0, 0.1) is 0 Å². The standard InChI is InChI=1S/C22H17ClN4S/c23-21-11-10-18(13-24-21)12-16-6-8-17(9-7-16)14-25-27-22-26-20(15-28-22)19-4-2-1-3-5-19/h1-11,13-15H,12H2,(H,26,27). The number of nitrogens with one attached hydrogen (secondary N) is 1. The highest BCUT2D eigenvalue weighted by molar-refractivity contribution is 7.14. The Labute approximate surface area is 172 Å². The van der Waals surface area contributed by atoms with Crippen molar-refractivity contribution < 1.29 is 0 Å². The lowest BCUT2D eigenvalue weighted by molar-refractivity contribution is 1.14. The Balaban J connectivity index is 1.35. The summed E-state index contributed by atoms with van der Waals surface area (Å²) < 4.78 is 0. The molecule has 0 amide bonds. The van der Waals surface area contributed by atoms with Crippen molar-refractivity contribution in [2.45, 2.75) is 6.42 Å². The third-order valence-electron chi connectivity index (χ3n) is 4.12. The maximum Gasteiger partial charge on any atom is 0.203 e. The highest BCUT2D eigenvalue weighted by Gasteiger charge is 2.03. The van der Waals surface area contributed by atoms with Gasteiger partial charge >= 0.3 is 0 Å². The number of hydrogen-bond donors (Lipinski definition) is 1. The molecule has 2 aromatic heterocycles. The van der Waals surface area contributed by atoms with Gasteiger partial charge in [0.1, 0.15) is 5.15 Å². The van der Waals surface area contributed by atoms with Crippen LogP contribution in [-0.2, 0) is 6.42 Å². The highest BCUT2D eigenvalue weighted by Crippen LogP contribution is 2.24. The molecule has 0 aliphatic rings. The molecule has 2 aromatic carbocycles. The highest BCUT2D eigenvalue weighted by atomic mass is 35.5. The van der Waals surface area contributed by atoms with Crippen LogP contribution in [-0.4, -0.2) is 16.2 Å². The molecule has 0 atom stereocenters. The molecule has 0 radical (unpaired) electrons. The van der Waals surface area contributed by atoms with Crippen LogP contribution < -0.4 is 5.43 Å². The number of benzene rings is 2. The van der Waals surface area contributed by atoms with Crippen molar-refractivity contribution in [3.63, 3.8) is 0 Å². The monoisotopic (exact) mass is 404 g/mol. The first-order chi connectivity index (χ1) is 13.8.